The summed E-state index contributed by atoms with van der Waals surface area (Å²) in [5, 5.41) is 8.94. The molecule has 3 heterocycles. The van der Waals surface area contributed by atoms with Gasteiger partial charge in [0.05, 0.1) is 10.4 Å². The van der Waals surface area contributed by atoms with Crippen LogP contribution in [0.4, 0.5) is 13.2 Å². The number of amides is 2. The SMILES string of the molecule is O=C(CCn1c(-c2cccs2)n[nH]c1=S)N1CCN(C(=O)c2cccc(C(F)(F)F)c2)CC1. The fraction of sp³-hybridized carbons (Fsp3) is 0.333. The molecule has 1 saturated heterocycles. The number of hydrogen-bond donors (Lipinski definition) is 1. The van der Waals surface area contributed by atoms with E-state index in [0.29, 0.717) is 30.2 Å². The van der Waals surface area contributed by atoms with Crippen LogP contribution in [0, 0.1) is 4.77 Å². The average molecular weight is 496 g/mol. The fourth-order valence-electron chi connectivity index (χ4n) is 3.65. The number of H-pyrrole nitrogens is 1. The van der Waals surface area contributed by atoms with Crippen LogP contribution in [0.1, 0.15) is 22.3 Å². The molecule has 2 aromatic heterocycles. The van der Waals surface area contributed by atoms with Crippen molar-refractivity contribution in [1.82, 2.24) is 24.6 Å². The highest BCUT2D eigenvalue weighted by Crippen LogP contribution is 2.30. The number of thiophene rings is 1. The van der Waals surface area contributed by atoms with Crippen molar-refractivity contribution in [1.29, 1.82) is 0 Å². The van der Waals surface area contributed by atoms with E-state index in [4.69, 9.17) is 12.2 Å². The number of aromatic amines is 1. The summed E-state index contributed by atoms with van der Waals surface area (Å²) in [6.45, 7) is 1.51. The Kier molecular flexibility index (Phi) is 6.66. The number of benzene rings is 1. The monoisotopic (exact) mass is 495 g/mol. The topological polar surface area (TPSA) is 74.2 Å². The molecule has 12 heteroatoms. The maximum atomic E-state index is 12.9. The minimum absolute atomic E-state index is 0.0139. The normalized spacial score (nSPS) is 14.5. The first-order valence-corrected chi connectivity index (χ1v) is 11.5. The third kappa shape index (κ3) is 5.17. The number of nitrogens with zero attached hydrogens (tertiary/aromatic N) is 4. The van der Waals surface area contributed by atoms with E-state index >= 15 is 0 Å². The standard InChI is InChI=1S/C21H20F3N5O2S2/c22-21(23,24)15-4-1-3-14(13-15)19(31)28-10-8-27(9-11-28)17(30)6-7-29-18(25-26-20(29)32)16-5-2-12-33-16/h1-5,12-13H,6-11H2,(H,26,32). The van der Waals surface area contributed by atoms with Crippen LogP contribution in [-0.2, 0) is 17.5 Å². The second-order valence-corrected chi connectivity index (χ2v) is 8.82. The van der Waals surface area contributed by atoms with E-state index in [1.54, 1.807) is 9.47 Å². The summed E-state index contributed by atoms with van der Waals surface area (Å²) in [5.74, 6) is 0.124. The lowest BCUT2D eigenvalue weighted by atomic mass is 10.1. The quantitative estimate of drug-likeness (QED) is 0.542. The van der Waals surface area contributed by atoms with E-state index in [0.717, 1.165) is 17.0 Å². The summed E-state index contributed by atoms with van der Waals surface area (Å²) < 4.78 is 41.0. The molecule has 3 aromatic rings. The van der Waals surface area contributed by atoms with Gasteiger partial charge < -0.3 is 9.80 Å². The summed E-state index contributed by atoms with van der Waals surface area (Å²) in [6, 6.07) is 8.22. The van der Waals surface area contributed by atoms with Gasteiger partial charge in [-0.1, -0.05) is 12.1 Å². The molecule has 1 fully saturated rings. The third-order valence-corrected chi connectivity index (χ3v) is 6.58. The molecule has 1 aliphatic heterocycles. The van der Waals surface area contributed by atoms with Crippen molar-refractivity contribution in [3.63, 3.8) is 0 Å². The molecule has 0 spiro atoms. The van der Waals surface area contributed by atoms with Gasteiger partial charge in [0.1, 0.15) is 0 Å². The Morgan fingerprint density at radius 2 is 1.82 bits per heavy atom. The Balaban J connectivity index is 1.33. The summed E-state index contributed by atoms with van der Waals surface area (Å²) in [7, 11) is 0. The van der Waals surface area contributed by atoms with E-state index in [1.807, 2.05) is 17.5 Å². The average Bonchev–Trinajstić information content (AvgIpc) is 3.46. The largest absolute Gasteiger partial charge is 0.416 e. The van der Waals surface area contributed by atoms with Crippen LogP contribution in [0.25, 0.3) is 10.7 Å². The van der Waals surface area contributed by atoms with Gasteiger partial charge in [-0.3, -0.25) is 19.3 Å². The third-order valence-electron chi connectivity index (χ3n) is 5.41. The number of rotatable bonds is 5. The highest BCUT2D eigenvalue weighted by Gasteiger charge is 2.32. The first-order chi connectivity index (χ1) is 15.7. The Hall–Kier alpha value is -2.99. The van der Waals surface area contributed by atoms with Gasteiger partial charge >= 0.3 is 6.18 Å². The number of piperazine rings is 1. The first kappa shape index (κ1) is 23.2. The van der Waals surface area contributed by atoms with Crippen LogP contribution in [0.5, 0.6) is 0 Å². The van der Waals surface area contributed by atoms with E-state index in [2.05, 4.69) is 10.2 Å². The van der Waals surface area contributed by atoms with E-state index in [1.165, 1.54) is 28.4 Å². The maximum absolute atomic E-state index is 12.9. The number of carbonyl (C=O) groups excluding carboxylic acids is 2. The Morgan fingerprint density at radius 1 is 1.09 bits per heavy atom. The van der Waals surface area contributed by atoms with Crippen LogP contribution in [0.15, 0.2) is 41.8 Å². The van der Waals surface area contributed by atoms with Crippen molar-refractivity contribution in [2.75, 3.05) is 26.2 Å². The lowest BCUT2D eigenvalue weighted by Gasteiger charge is -2.35. The summed E-state index contributed by atoms with van der Waals surface area (Å²) in [6.07, 6.45) is -4.30. The van der Waals surface area contributed by atoms with Gasteiger partial charge in [-0.05, 0) is 41.9 Å². The van der Waals surface area contributed by atoms with Crippen LogP contribution >= 0.6 is 23.6 Å². The van der Waals surface area contributed by atoms with Crippen molar-refractivity contribution in [3.05, 3.63) is 57.7 Å². The fourth-order valence-corrected chi connectivity index (χ4v) is 4.60. The Labute approximate surface area is 196 Å². The van der Waals surface area contributed by atoms with E-state index < -0.39 is 17.6 Å². The lowest BCUT2D eigenvalue weighted by Crippen LogP contribution is -2.50. The van der Waals surface area contributed by atoms with Crippen molar-refractivity contribution in [2.45, 2.75) is 19.1 Å². The second kappa shape index (κ2) is 9.48. The summed E-state index contributed by atoms with van der Waals surface area (Å²) >= 11 is 6.81. The molecule has 0 saturated carbocycles. The molecule has 0 aliphatic carbocycles. The number of alkyl halides is 3. The molecule has 0 unspecified atom stereocenters. The molecule has 174 valence electrons. The van der Waals surface area contributed by atoms with Crippen LogP contribution < -0.4 is 0 Å². The zero-order valence-electron chi connectivity index (χ0n) is 17.3. The molecule has 2 amide bonds. The van der Waals surface area contributed by atoms with Gasteiger partial charge in [0, 0.05) is 44.7 Å². The predicted molar refractivity (Wildman–Crippen MR) is 119 cm³/mol. The number of hydrogen-bond acceptors (Lipinski definition) is 5. The highest BCUT2D eigenvalue weighted by atomic mass is 32.1. The molecule has 1 N–H and O–H groups in total. The van der Waals surface area contributed by atoms with Gasteiger partial charge in [0.2, 0.25) is 5.91 Å². The zero-order chi connectivity index (χ0) is 23.6. The predicted octanol–water partition coefficient (Wildman–Crippen LogP) is 4.06. The highest BCUT2D eigenvalue weighted by molar-refractivity contribution is 7.71. The van der Waals surface area contributed by atoms with Gasteiger partial charge in [-0.25, -0.2) is 0 Å². The molecule has 1 aliphatic rings. The molecule has 1 aromatic carbocycles. The van der Waals surface area contributed by atoms with Crippen LogP contribution in [-0.4, -0.2) is 62.6 Å². The number of nitrogens with one attached hydrogen (secondary N) is 1. The van der Waals surface area contributed by atoms with E-state index in [-0.39, 0.29) is 31.0 Å². The zero-order valence-corrected chi connectivity index (χ0v) is 19.0. The maximum Gasteiger partial charge on any atom is 0.416 e. The van der Waals surface area contributed by atoms with Crippen molar-refractivity contribution in [3.8, 4) is 10.7 Å². The number of carbonyl (C=O) groups is 2. The first-order valence-electron chi connectivity index (χ1n) is 10.2. The molecule has 0 radical (unpaired) electrons. The van der Waals surface area contributed by atoms with Crippen molar-refractivity contribution < 1.29 is 22.8 Å². The molecule has 33 heavy (non-hydrogen) atoms. The molecule has 0 atom stereocenters. The van der Waals surface area contributed by atoms with Gasteiger partial charge in [-0.15, -0.1) is 11.3 Å². The van der Waals surface area contributed by atoms with Crippen LogP contribution in [0.2, 0.25) is 0 Å². The molecule has 0 bridgehead atoms. The summed E-state index contributed by atoms with van der Waals surface area (Å²) in [5.41, 5.74) is -0.873. The lowest BCUT2D eigenvalue weighted by molar-refractivity contribution is -0.137. The summed E-state index contributed by atoms with van der Waals surface area (Å²) in [4.78, 5) is 29.5. The van der Waals surface area contributed by atoms with Gasteiger partial charge in [0.25, 0.3) is 5.91 Å². The van der Waals surface area contributed by atoms with Crippen LogP contribution in [0.3, 0.4) is 0 Å². The molecule has 7 nitrogen and oxygen atoms in total. The second-order valence-electron chi connectivity index (χ2n) is 7.48. The smallest absolute Gasteiger partial charge is 0.339 e. The van der Waals surface area contributed by atoms with Gasteiger partial charge in [-0.2, -0.15) is 18.3 Å². The Morgan fingerprint density at radius 3 is 2.48 bits per heavy atom. The molecule has 4 rings (SSSR count). The van der Waals surface area contributed by atoms with Crippen molar-refractivity contribution >= 4 is 35.4 Å². The Bertz CT molecular complexity index is 1200. The molecular weight excluding hydrogens is 475 g/mol. The number of halogens is 3. The van der Waals surface area contributed by atoms with Gasteiger partial charge in [0.15, 0.2) is 10.6 Å². The number of aromatic nitrogens is 3. The minimum Gasteiger partial charge on any atom is -0.339 e. The minimum atomic E-state index is -4.51. The van der Waals surface area contributed by atoms with Crippen molar-refractivity contribution in [2.24, 2.45) is 0 Å². The molecular formula is C21H20F3N5O2S2. The van der Waals surface area contributed by atoms with E-state index in [9.17, 15) is 22.8 Å².